The number of aliphatic hydroxyl groups is 1. The molecule has 0 unspecified atom stereocenters. The van der Waals surface area contributed by atoms with Gasteiger partial charge in [-0.1, -0.05) is 41.9 Å². The van der Waals surface area contributed by atoms with Crippen molar-refractivity contribution in [2.75, 3.05) is 13.1 Å². The van der Waals surface area contributed by atoms with E-state index in [1.54, 1.807) is 11.0 Å². The van der Waals surface area contributed by atoms with Crippen LogP contribution in [-0.2, 0) is 17.8 Å². The van der Waals surface area contributed by atoms with Crippen molar-refractivity contribution in [2.24, 2.45) is 5.73 Å². The van der Waals surface area contributed by atoms with E-state index in [4.69, 9.17) is 17.3 Å². The van der Waals surface area contributed by atoms with E-state index in [-0.39, 0.29) is 5.91 Å². The molecule has 0 radical (unpaired) electrons. The van der Waals surface area contributed by atoms with Crippen LogP contribution < -0.4 is 5.73 Å². The smallest absolute Gasteiger partial charge is 0.239 e. The van der Waals surface area contributed by atoms with E-state index in [0.717, 1.165) is 16.6 Å². The molecule has 7 heteroatoms. The number of nitrogens with zero attached hydrogens (tertiary/aromatic N) is 3. The zero-order valence-electron chi connectivity index (χ0n) is 16.2. The third-order valence-corrected chi connectivity index (χ3v) is 5.89. The second kappa shape index (κ2) is 8.14. The minimum atomic E-state index is -0.869. The fourth-order valence-corrected chi connectivity index (χ4v) is 4.15. The highest BCUT2D eigenvalue weighted by atomic mass is 35.5. The summed E-state index contributed by atoms with van der Waals surface area (Å²) in [6, 6.07) is 14.8. The molecule has 3 heterocycles. The number of halogens is 1. The van der Waals surface area contributed by atoms with Crippen LogP contribution >= 0.6 is 11.6 Å². The van der Waals surface area contributed by atoms with E-state index < -0.39 is 11.6 Å². The molecule has 2 aromatic heterocycles. The summed E-state index contributed by atoms with van der Waals surface area (Å²) in [7, 11) is 0. The average molecular weight is 413 g/mol. The molecule has 29 heavy (non-hydrogen) atoms. The quantitative estimate of drug-likeness (QED) is 0.631. The maximum Gasteiger partial charge on any atom is 0.239 e. The predicted molar refractivity (Wildman–Crippen MR) is 114 cm³/mol. The highest BCUT2D eigenvalue weighted by Gasteiger charge is 2.35. The zero-order valence-corrected chi connectivity index (χ0v) is 16.9. The van der Waals surface area contributed by atoms with E-state index >= 15 is 0 Å². The first-order valence-electron chi connectivity index (χ1n) is 9.86. The second-order valence-corrected chi connectivity index (χ2v) is 8.22. The number of nitrogens with two attached hydrogens (primary N) is 1. The van der Waals surface area contributed by atoms with Gasteiger partial charge in [0.15, 0.2) is 0 Å². The highest BCUT2D eigenvalue weighted by molar-refractivity contribution is 6.29. The van der Waals surface area contributed by atoms with Gasteiger partial charge in [0.05, 0.1) is 29.2 Å². The first kappa shape index (κ1) is 19.9. The van der Waals surface area contributed by atoms with Gasteiger partial charge >= 0.3 is 0 Å². The first-order chi connectivity index (χ1) is 13.9. The van der Waals surface area contributed by atoms with Crippen molar-refractivity contribution in [1.82, 2.24) is 14.5 Å². The van der Waals surface area contributed by atoms with Crippen molar-refractivity contribution in [1.29, 1.82) is 0 Å². The Labute approximate surface area is 174 Å². The molecular weight excluding hydrogens is 388 g/mol. The molecule has 0 saturated carbocycles. The van der Waals surface area contributed by atoms with Crippen LogP contribution in [0.1, 0.15) is 18.4 Å². The number of amides is 1. The SMILES string of the molecule is N[C@@H](Cc1ccccc1)C(=O)N1CCC(O)(Cn2ccc3nc(Cl)ccc32)CC1. The van der Waals surface area contributed by atoms with Crippen LogP contribution in [-0.4, -0.2) is 50.2 Å². The van der Waals surface area contributed by atoms with Gasteiger partial charge in [-0.15, -0.1) is 0 Å². The largest absolute Gasteiger partial charge is 0.388 e. The Bertz CT molecular complexity index is 996. The van der Waals surface area contributed by atoms with Crippen LogP contribution in [0.15, 0.2) is 54.7 Å². The normalized spacial score (nSPS) is 17.4. The van der Waals surface area contributed by atoms with Crippen LogP contribution in [0, 0.1) is 0 Å². The summed E-state index contributed by atoms with van der Waals surface area (Å²) in [6.07, 6.45) is 3.46. The van der Waals surface area contributed by atoms with E-state index in [1.807, 2.05) is 53.2 Å². The number of piperidine rings is 1. The van der Waals surface area contributed by atoms with Gasteiger partial charge in [0.2, 0.25) is 5.91 Å². The lowest BCUT2D eigenvalue weighted by Crippen LogP contribution is -2.53. The van der Waals surface area contributed by atoms with Crippen molar-refractivity contribution in [2.45, 2.75) is 37.5 Å². The topological polar surface area (TPSA) is 84.4 Å². The Morgan fingerprint density at radius 1 is 1.17 bits per heavy atom. The van der Waals surface area contributed by atoms with E-state index in [1.165, 1.54) is 0 Å². The van der Waals surface area contributed by atoms with Crippen LogP contribution in [0.2, 0.25) is 5.15 Å². The molecule has 3 N–H and O–H groups in total. The second-order valence-electron chi connectivity index (χ2n) is 7.83. The Morgan fingerprint density at radius 3 is 2.62 bits per heavy atom. The van der Waals surface area contributed by atoms with Crippen molar-refractivity contribution in [3.63, 3.8) is 0 Å². The Morgan fingerprint density at radius 2 is 1.90 bits per heavy atom. The number of benzene rings is 1. The molecule has 1 aromatic carbocycles. The van der Waals surface area contributed by atoms with Crippen molar-refractivity contribution in [3.8, 4) is 0 Å². The van der Waals surface area contributed by atoms with Crippen LogP contribution in [0.3, 0.4) is 0 Å². The molecule has 0 aliphatic carbocycles. The summed E-state index contributed by atoms with van der Waals surface area (Å²) in [5.74, 6) is -0.0545. The molecule has 0 spiro atoms. The van der Waals surface area contributed by atoms with Gasteiger partial charge in [-0.3, -0.25) is 4.79 Å². The van der Waals surface area contributed by atoms with Gasteiger partial charge in [-0.25, -0.2) is 4.98 Å². The Kier molecular flexibility index (Phi) is 5.58. The van der Waals surface area contributed by atoms with Crippen molar-refractivity contribution < 1.29 is 9.90 Å². The third-order valence-electron chi connectivity index (χ3n) is 5.68. The summed E-state index contributed by atoms with van der Waals surface area (Å²) in [4.78, 5) is 18.8. The van der Waals surface area contributed by atoms with Crippen LogP contribution in [0.25, 0.3) is 11.0 Å². The summed E-state index contributed by atoms with van der Waals surface area (Å²) in [5.41, 5.74) is 8.08. The van der Waals surface area contributed by atoms with Crippen LogP contribution in [0.4, 0.5) is 0 Å². The number of aromatic nitrogens is 2. The summed E-state index contributed by atoms with van der Waals surface area (Å²) < 4.78 is 2.00. The molecule has 1 aliphatic rings. The number of carbonyl (C=O) groups excluding carboxylic acids is 1. The molecular formula is C22H25ClN4O2. The van der Waals surface area contributed by atoms with Gasteiger partial charge in [-0.2, -0.15) is 0 Å². The molecule has 6 nitrogen and oxygen atoms in total. The number of rotatable bonds is 5. The lowest BCUT2D eigenvalue weighted by molar-refractivity contribution is -0.137. The van der Waals surface area contributed by atoms with E-state index in [2.05, 4.69) is 4.98 Å². The van der Waals surface area contributed by atoms with Gasteiger partial charge in [0, 0.05) is 19.3 Å². The zero-order chi connectivity index (χ0) is 20.4. The van der Waals surface area contributed by atoms with Crippen molar-refractivity contribution >= 4 is 28.5 Å². The van der Waals surface area contributed by atoms with Crippen LogP contribution in [0.5, 0.6) is 0 Å². The average Bonchev–Trinajstić information content (AvgIpc) is 3.10. The summed E-state index contributed by atoms with van der Waals surface area (Å²) in [6.45, 7) is 1.46. The number of carbonyl (C=O) groups is 1. The first-order valence-corrected chi connectivity index (χ1v) is 10.2. The lowest BCUT2D eigenvalue weighted by Gasteiger charge is -2.39. The summed E-state index contributed by atoms with van der Waals surface area (Å²) in [5, 5.41) is 11.5. The molecule has 1 fully saturated rings. The number of likely N-dealkylation sites (tertiary alicyclic amines) is 1. The molecule has 3 aromatic rings. The van der Waals surface area contributed by atoms with Gasteiger partial charge in [0.1, 0.15) is 5.15 Å². The highest BCUT2D eigenvalue weighted by Crippen LogP contribution is 2.27. The fraction of sp³-hybridized carbons (Fsp3) is 0.364. The minimum absolute atomic E-state index is 0.0545. The molecule has 1 atom stereocenters. The van der Waals surface area contributed by atoms with E-state index in [0.29, 0.717) is 44.0 Å². The standard InChI is InChI=1S/C22H25ClN4O2/c23-20-7-6-19-18(25-20)8-11-27(19)15-22(29)9-12-26(13-10-22)21(28)17(24)14-16-4-2-1-3-5-16/h1-8,11,17,29H,9-10,12-15,24H2/t17-/m0/s1. The molecule has 1 amide bonds. The molecule has 152 valence electrons. The molecule has 0 bridgehead atoms. The maximum absolute atomic E-state index is 12.7. The number of hydrogen-bond acceptors (Lipinski definition) is 4. The van der Waals surface area contributed by atoms with Gasteiger partial charge in [-0.05, 0) is 43.0 Å². The molecule has 4 rings (SSSR count). The summed E-state index contributed by atoms with van der Waals surface area (Å²) >= 11 is 5.95. The lowest BCUT2D eigenvalue weighted by atomic mass is 9.90. The predicted octanol–water partition coefficient (Wildman–Crippen LogP) is 2.61. The van der Waals surface area contributed by atoms with Crippen molar-refractivity contribution in [3.05, 3.63) is 65.4 Å². The molecule has 1 saturated heterocycles. The van der Waals surface area contributed by atoms with Gasteiger partial charge in [0.25, 0.3) is 0 Å². The number of hydrogen-bond donors (Lipinski definition) is 2. The maximum atomic E-state index is 12.7. The Hall–Kier alpha value is -2.41. The minimum Gasteiger partial charge on any atom is -0.388 e. The van der Waals surface area contributed by atoms with Gasteiger partial charge < -0.3 is 20.3 Å². The monoisotopic (exact) mass is 412 g/mol. The Balaban J connectivity index is 1.37. The third kappa shape index (κ3) is 4.45. The number of fused-ring (bicyclic) bond motifs is 1. The molecule has 1 aliphatic heterocycles. The fourth-order valence-electron chi connectivity index (χ4n) is 4.00. The number of pyridine rings is 1. The van der Waals surface area contributed by atoms with E-state index in [9.17, 15) is 9.90 Å².